The fourth-order valence-corrected chi connectivity index (χ4v) is 6.82. The summed E-state index contributed by atoms with van der Waals surface area (Å²) in [5, 5.41) is 0. The van der Waals surface area contributed by atoms with Crippen molar-refractivity contribution in [1.82, 2.24) is 9.80 Å². The molecule has 5 heteroatoms. The first-order chi connectivity index (χ1) is 19.8. The van der Waals surface area contributed by atoms with E-state index in [0.717, 1.165) is 63.1 Å². The first-order valence-corrected chi connectivity index (χ1v) is 16.5. The molecule has 0 radical (unpaired) electrons. The van der Waals surface area contributed by atoms with Gasteiger partial charge in [0, 0.05) is 19.5 Å². The van der Waals surface area contributed by atoms with Crippen LogP contribution in [0.4, 0.5) is 0 Å². The van der Waals surface area contributed by atoms with E-state index in [-0.39, 0.29) is 5.97 Å². The Morgan fingerprint density at radius 2 is 1.88 bits per heavy atom. The maximum atomic E-state index is 13.2. The molecular weight excluding hydrogens is 508 g/mol. The maximum Gasteiger partial charge on any atom is 0.311 e. The number of hydrogen-bond donors (Lipinski definition) is 0. The Bertz CT molecular complexity index is 1090. The van der Waals surface area contributed by atoms with E-state index in [4.69, 9.17) is 15.9 Å². The van der Waals surface area contributed by atoms with Gasteiger partial charge in [0.05, 0.1) is 12.1 Å². The lowest BCUT2D eigenvalue weighted by molar-refractivity contribution is -0.134. The highest BCUT2D eigenvalue weighted by molar-refractivity contribution is 5.84. The normalized spacial score (nSPS) is 19.6. The van der Waals surface area contributed by atoms with Gasteiger partial charge < -0.3 is 14.4 Å². The van der Waals surface area contributed by atoms with Crippen LogP contribution in [0.15, 0.2) is 17.7 Å². The smallest absolute Gasteiger partial charge is 0.311 e. The average Bonchev–Trinajstić information content (AvgIpc) is 2.94. The summed E-state index contributed by atoms with van der Waals surface area (Å²) in [6.07, 6.45) is 20.1. The van der Waals surface area contributed by atoms with E-state index in [1.165, 1.54) is 74.7 Å². The van der Waals surface area contributed by atoms with Crippen molar-refractivity contribution in [1.29, 1.82) is 0 Å². The standard InChI is InChI=1S/C36H54N2O3/c1-6-8-10-15-28(3)17-18-29-25-32(40-34(39)16-11-14-23-37-21-12-9-13-22-37)35-30-27-38(20-7-2)24-19-31(30)36(4,5)41-33(35)26-29/h2,25-26,28H,6,8-24,27H2,1,3-5H3. The van der Waals surface area contributed by atoms with E-state index in [0.29, 0.717) is 24.6 Å². The summed E-state index contributed by atoms with van der Waals surface area (Å²) in [4.78, 5) is 18.0. The number of piperidine rings is 1. The van der Waals surface area contributed by atoms with Crippen LogP contribution in [0.2, 0.25) is 0 Å². The number of benzene rings is 1. The fraction of sp³-hybridized carbons (Fsp3) is 0.694. The Kier molecular flexibility index (Phi) is 11.8. The highest BCUT2D eigenvalue weighted by Crippen LogP contribution is 2.48. The molecule has 0 N–H and O–H groups in total. The lowest BCUT2D eigenvalue weighted by Crippen LogP contribution is -2.42. The molecule has 41 heavy (non-hydrogen) atoms. The fourth-order valence-electron chi connectivity index (χ4n) is 6.82. The van der Waals surface area contributed by atoms with Gasteiger partial charge in [0.25, 0.3) is 0 Å². The SMILES string of the molecule is C#CCN1CCC2=C(C1)c1c(OC(=O)CCCCN3CCCCC3)cc(CCC(C)CCCCC)cc1OC2(C)C. The zero-order chi connectivity index (χ0) is 29.2. The Hall–Kier alpha value is -2.29. The second-order valence-electron chi connectivity index (χ2n) is 13.2. The number of likely N-dealkylation sites (tertiary alicyclic amines) is 1. The Morgan fingerprint density at radius 3 is 2.63 bits per heavy atom. The first kappa shape index (κ1) is 31.6. The van der Waals surface area contributed by atoms with Crippen LogP contribution in [-0.4, -0.2) is 60.6 Å². The Balaban J connectivity index is 1.52. The van der Waals surface area contributed by atoms with Crippen LogP contribution in [0, 0.1) is 18.3 Å². The highest BCUT2D eigenvalue weighted by Gasteiger charge is 2.39. The number of hydrogen-bond acceptors (Lipinski definition) is 5. The molecule has 0 saturated carbocycles. The van der Waals surface area contributed by atoms with Crippen molar-refractivity contribution in [2.45, 2.75) is 117 Å². The Morgan fingerprint density at radius 1 is 1.07 bits per heavy atom. The zero-order valence-corrected chi connectivity index (χ0v) is 26.4. The van der Waals surface area contributed by atoms with Gasteiger partial charge >= 0.3 is 5.97 Å². The molecule has 1 aromatic carbocycles. The summed E-state index contributed by atoms with van der Waals surface area (Å²) in [7, 11) is 0. The van der Waals surface area contributed by atoms with Crippen molar-refractivity contribution in [2.75, 3.05) is 39.3 Å². The summed E-state index contributed by atoms with van der Waals surface area (Å²) >= 11 is 0. The van der Waals surface area contributed by atoms with Crippen molar-refractivity contribution >= 4 is 11.5 Å². The molecule has 3 aliphatic heterocycles. The molecule has 0 bridgehead atoms. The number of carbonyl (C=O) groups excluding carboxylic acids is 1. The average molecular weight is 563 g/mol. The number of unbranched alkanes of at least 4 members (excludes halogenated alkanes) is 3. The van der Waals surface area contributed by atoms with Gasteiger partial charge in [-0.15, -0.1) is 6.42 Å². The molecule has 0 aromatic heterocycles. The molecule has 3 heterocycles. The summed E-state index contributed by atoms with van der Waals surface area (Å²) in [5.74, 6) is 4.86. The minimum atomic E-state index is -0.396. The topological polar surface area (TPSA) is 42.0 Å². The second-order valence-corrected chi connectivity index (χ2v) is 13.2. The van der Waals surface area contributed by atoms with Crippen molar-refractivity contribution in [2.24, 2.45) is 5.92 Å². The predicted molar refractivity (Wildman–Crippen MR) is 169 cm³/mol. The van der Waals surface area contributed by atoms with Gasteiger partial charge in [0.1, 0.15) is 17.1 Å². The number of esters is 1. The van der Waals surface area contributed by atoms with E-state index in [1.807, 2.05) is 0 Å². The molecule has 5 nitrogen and oxygen atoms in total. The van der Waals surface area contributed by atoms with Crippen LogP contribution in [0.1, 0.15) is 116 Å². The predicted octanol–water partition coefficient (Wildman–Crippen LogP) is 7.66. The van der Waals surface area contributed by atoms with E-state index < -0.39 is 5.60 Å². The van der Waals surface area contributed by atoms with Crippen LogP contribution < -0.4 is 9.47 Å². The number of nitrogens with zero attached hydrogens (tertiary/aromatic N) is 2. The third-order valence-corrected chi connectivity index (χ3v) is 9.26. The van der Waals surface area contributed by atoms with Crippen LogP contribution >= 0.6 is 0 Å². The van der Waals surface area contributed by atoms with Gasteiger partial charge in [-0.3, -0.25) is 9.69 Å². The zero-order valence-electron chi connectivity index (χ0n) is 26.4. The van der Waals surface area contributed by atoms with E-state index in [2.05, 4.69) is 55.5 Å². The number of terminal acetylenes is 1. The monoisotopic (exact) mass is 562 g/mol. The van der Waals surface area contributed by atoms with Crippen LogP contribution in [0.3, 0.4) is 0 Å². The minimum absolute atomic E-state index is 0.140. The summed E-state index contributed by atoms with van der Waals surface area (Å²) in [6, 6.07) is 4.32. The van der Waals surface area contributed by atoms with E-state index >= 15 is 0 Å². The van der Waals surface area contributed by atoms with Gasteiger partial charge in [-0.1, -0.05) is 51.9 Å². The van der Waals surface area contributed by atoms with Crippen LogP contribution in [0.5, 0.6) is 11.5 Å². The highest BCUT2D eigenvalue weighted by atomic mass is 16.5. The molecule has 4 rings (SSSR count). The van der Waals surface area contributed by atoms with Crippen molar-refractivity contribution in [3.63, 3.8) is 0 Å². The lowest BCUT2D eigenvalue weighted by Gasteiger charge is -2.42. The molecule has 1 aromatic rings. The summed E-state index contributed by atoms with van der Waals surface area (Å²) < 4.78 is 12.9. The molecule has 1 unspecified atom stereocenters. The van der Waals surface area contributed by atoms with Crippen LogP contribution in [0.25, 0.3) is 5.57 Å². The minimum Gasteiger partial charge on any atom is -0.483 e. The maximum absolute atomic E-state index is 13.2. The van der Waals surface area contributed by atoms with E-state index in [9.17, 15) is 4.79 Å². The first-order valence-electron chi connectivity index (χ1n) is 16.5. The largest absolute Gasteiger partial charge is 0.483 e. The van der Waals surface area contributed by atoms with Gasteiger partial charge in [0.15, 0.2) is 0 Å². The third kappa shape index (κ3) is 8.85. The quantitative estimate of drug-likeness (QED) is 0.101. The molecule has 0 aliphatic carbocycles. The van der Waals surface area contributed by atoms with E-state index in [1.54, 1.807) is 0 Å². The van der Waals surface area contributed by atoms with Gasteiger partial charge in [0.2, 0.25) is 0 Å². The third-order valence-electron chi connectivity index (χ3n) is 9.26. The molecule has 0 spiro atoms. The molecule has 3 aliphatic rings. The van der Waals surface area contributed by atoms with Crippen LogP contribution in [-0.2, 0) is 11.2 Å². The molecule has 226 valence electrons. The van der Waals surface area contributed by atoms with Gasteiger partial charge in [-0.25, -0.2) is 0 Å². The molecule has 1 saturated heterocycles. The molecule has 0 amide bonds. The number of rotatable bonds is 14. The molecule has 1 fully saturated rings. The Labute approximate surface area is 250 Å². The number of ether oxygens (including phenoxy) is 2. The molecular formula is C36H54N2O3. The summed E-state index contributed by atoms with van der Waals surface area (Å²) in [5.41, 5.74) is 4.28. The summed E-state index contributed by atoms with van der Waals surface area (Å²) in [6.45, 7) is 14.7. The van der Waals surface area contributed by atoms with Gasteiger partial charge in [-0.2, -0.15) is 0 Å². The number of fused-ring (bicyclic) bond motifs is 2. The van der Waals surface area contributed by atoms with Crippen molar-refractivity contribution in [3.05, 3.63) is 28.8 Å². The lowest BCUT2D eigenvalue weighted by atomic mass is 9.81. The molecule has 1 atom stereocenters. The van der Waals surface area contributed by atoms with Crippen molar-refractivity contribution < 1.29 is 14.3 Å². The van der Waals surface area contributed by atoms with Crippen molar-refractivity contribution in [3.8, 4) is 23.8 Å². The second kappa shape index (κ2) is 15.3. The number of carbonyl (C=O) groups is 1. The van der Waals surface area contributed by atoms with Gasteiger partial charge in [-0.05, 0) is 113 Å². The number of aryl methyl sites for hydroxylation is 1.